The fraction of sp³-hybridized carbons (Fsp3) is 0.562. The van der Waals surface area contributed by atoms with Gasteiger partial charge in [0.05, 0.1) is 0 Å². The minimum Gasteiger partial charge on any atom is -0.507 e. The molecule has 4 N–H and O–H groups in total. The Labute approximate surface area is 119 Å². The van der Waals surface area contributed by atoms with Crippen molar-refractivity contribution in [1.29, 1.82) is 0 Å². The van der Waals surface area contributed by atoms with E-state index in [1.807, 2.05) is 0 Å². The molecule has 1 aromatic carbocycles. The van der Waals surface area contributed by atoms with Crippen LogP contribution in [0.1, 0.15) is 43.0 Å². The summed E-state index contributed by atoms with van der Waals surface area (Å²) >= 11 is 0. The second-order valence-corrected chi connectivity index (χ2v) is 6.02. The maximum Gasteiger partial charge on any atom is 0.339 e. The van der Waals surface area contributed by atoms with Gasteiger partial charge in [-0.3, -0.25) is 0 Å². The summed E-state index contributed by atoms with van der Waals surface area (Å²) in [5.74, 6) is 1.62. The third-order valence-electron chi connectivity index (χ3n) is 4.60. The van der Waals surface area contributed by atoms with E-state index in [1.165, 1.54) is 37.8 Å². The Kier molecular flexibility index (Phi) is 4.65. The number of nitrogens with two attached hydrogens (primary N) is 1. The van der Waals surface area contributed by atoms with Crippen LogP contribution in [0, 0.1) is 17.8 Å². The smallest absolute Gasteiger partial charge is 0.339 e. The number of benzene rings is 1. The van der Waals surface area contributed by atoms with Crippen LogP contribution in [0.25, 0.3) is 0 Å². The van der Waals surface area contributed by atoms with Crippen LogP contribution in [0.4, 0.5) is 0 Å². The molecule has 2 aliphatic carbocycles. The van der Waals surface area contributed by atoms with Crippen molar-refractivity contribution in [2.24, 2.45) is 23.5 Å². The normalized spacial score (nSPS) is 28.6. The molecule has 3 rings (SSSR count). The largest absolute Gasteiger partial charge is 0.507 e. The third-order valence-corrected chi connectivity index (χ3v) is 4.60. The monoisotopic (exact) mass is 277 g/mol. The molecule has 2 bridgehead atoms. The Morgan fingerprint density at radius 2 is 2.00 bits per heavy atom. The van der Waals surface area contributed by atoms with E-state index in [2.05, 4.69) is 6.92 Å². The van der Waals surface area contributed by atoms with Crippen LogP contribution in [-0.4, -0.2) is 22.2 Å². The summed E-state index contributed by atoms with van der Waals surface area (Å²) in [4.78, 5) is 10.3. The molecule has 20 heavy (non-hydrogen) atoms. The average Bonchev–Trinajstić information content (AvgIpc) is 3.02. The standard InChI is InChI=1S/C9H17N.C7H6O3/c1-6(10)9-5-7-2-3-8(9)4-7;8-6-4-2-1-3-5(6)7(9)10/h6-9H,2-5,10H2,1H3;1-4,8H,(H,9,10). The van der Waals surface area contributed by atoms with Gasteiger partial charge in [0.25, 0.3) is 0 Å². The van der Waals surface area contributed by atoms with E-state index in [9.17, 15) is 4.79 Å². The van der Waals surface area contributed by atoms with Crippen molar-refractivity contribution in [3.63, 3.8) is 0 Å². The third kappa shape index (κ3) is 3.31. The van der Waals surface area contributed by atoms with Crippen LogP contribution in [0.15, 0.2) is 24.3 Å². The molecular weight excluding hydrogens is 254 g/mol. The zero-order valence-corrected chi connectivity index (χ0v) is 11.8. The lowest BCUT2D eigenvalue weighted by atomic mass is 9.84. The Balaban J connectivity index is 0.000000147. The number of carbonyl (C=O) groups is 1. The maximum absolute atomic E-state index is 10.3. The molecule has 0 saturated heterocycles. The van der Waals surface area contributed by atoms with Crippen molar-refractivity contribution in [3.8, 4) is 5.75 Å². The Hall–Kier alpha value is -1.55. The maximum atomic E-state index is 10.3. The zero-order chi connectivity index (χ0) is 14.7. The first-order valence-electron chi connectivity index (χ1n) is 7.26. The van der Waals surface area contributed by atoms with Gasteiger partial charge in [-0.25, -0.2) is 4.79 Å². The summed E-state index contributed by atoms with van der Waals surface area (Å²) in [6.45, 7) is 2.17. The Bertz CT molecular complexity index is 473. The highest BCUT2D eigenvalue weighted by molar-refractivity contribution is 5.90. The molecule has 0 heterocycles. The van der Waals surface area contributed by atoms with Gasteiger partial charge >= 0.3 is 5.97 Å². The molecule has 110 valence electrons. The number of phenols is 1. The molecule has 1 aromatic rings. The molecular formula is C16H23NO3. The zero-order valence-electron chi connectivity index (χ0n) is 11.8. The van der Waals surface area contributed by atoms with Gasteiger partial charge in [0.1, 0.15) is 11.3 Å². The number of rotatable bonds is 2. The van der Waals surface area contributed by atoms with Gasteiger partial charge in [0, 0.05) is 6.04 Å². The van der Waals surface area contributed by atoms with Gasteiger partial charge in [-0.2, -0.15) is 0 Å². The first-order chi connectivity index (χ1) is 9.49. The molecule has 0 aromatic heterocycles. The lowest BCUT2D eigenvalue weighted by Crippen LogP contribution is -2.30. The van der Waals surface area contributed by atoms with Gasteiger partial charge in [-0.15, -0.1) is 0 Å². The summed E-state index contributed by atoms with van der Waals surface area (Å²) in [6.07, 6.45) is 5.89. The van der Waals surface area contributed by atoms with Gasteiger partial charge in [-0.1, -0.05) is 18.6 Å². The van der Waals surface area contributed by atoms with Crippen LogP contribution < -0.4 is 5.73 Å². The lowest BCUT2D eigenvalue weighted by Gasteiger charge is -2.24. The van der Waals surface area contributed by atoms with E-state index in [-0.39, 0.29) is 11.3 Å². The summed E-state index contributed by atoms with van der Waals surface area (Å²) < 4.78 is 0. The molecule has 0 radical (unpaired) electrons. The molecule has 4 unspecified atom stereocenters. The van der Waals surface area contributed by atoms with Gasteiger partial charge < -0.3 is 15.9 Å². The molecule has 4 heteroatoms. The highest BCUT2D eigenvalue weighted by Crippen LogP contribution is 2.49. The quantitative estimate of drug-likeness (QED) is 0.776. The van der Waals surface area contributed by atoms with E-state index in [0.29, 0.717) is 6.04 Å². The van der Waals surface area contributed by atoms with E-state index in [4.69, 9.17) is 15.9 Å². The molecule has 2 saturated carbocycles. The van der Waals surface area contributed by atoms with E-state index in [1.54, 1.807) is 12.1 Å². The molecule has 4 nitrogen and oxygen atoms in total. The molecule has 0 amide bonds. The predicted octanol–water partition coefficient (Wildman–Crippen LogP) is 2.86. The lowest BCUT2D eigenvalue weighted by molar-refractivity contribution is 0.0693. The van der Waals surface area contributed by atoms with E-state index >= 15 is 0 Å². The molecule has 4 atom stereocenters. The summed E-state index contributed by atoms with van der Waals surface area (Å²) in [5, 5.41) is 17.3. The van der Waals surface area contributed by atoms with Crippen LogP contribution in [-0.2, 0) is 0 Å². The summed E-state index contributed by atoms with van der Waals surface area (Å²) in [5.41, 5.74) is 5.82. The second kappa shape index (κ2) is 6.27. The van der Waals surface area contributed by atoms with Crippen molar-refractivity contribution in [2.45, 2.75) is 38.6 Å². The molecule has 0 spiro atoms. The number of aromatic carboxylic acids is 1. The van der Waals surface area contributed by atoms with Crippen molar-refractivity contribution >= 4 is 5.97 Å². The highest BCUT2D eigenvalue weighted by atomic mass is 16.4. The Morgan fingerprint density at radius 3 is 2.35 bits per heavy atom. The number of hydrogen-bond donors (Lipinski definition) is 3. The van der Waals surface area contributed by atoms with E-state index < -0.39 is 5.97 Å². The van der Waals surface area contributed by atoms with Crippen LogP contribution in [0.3, 0.4) is 0 Å². The van der Waals surface area contributed by atoms with E-state index in [0.717, 1.165) is 17.8 Å². The molecule has 0 aliphatic heterocycles. The van der Waals surface area contributed by atoms with Gasteiger partial charge in [0.2, 0.25) is 0 Å². The highest BCUT2D eigenvalue weighted by Gasteiger charge is 2.40. The average molecular weight is 277 g/mol. The minimum absolute atomic E-state index is 0.0671. The predicted molar refractivity (Wildman–Crippen MR) is 77.7 cm³/mol. The number of carboxylic acid groups (broad SMARTS) is 1. The van der Waals surface area contributed by atoms with Crippen molar-refractivity contribution < 1.29 is 15.0 Å². The first-order valence-corrected chi connectivity index (χ1v) is 7.26. The molecule has 2 fully saturated rings. The number of fused-ring (bicyclic) bond motifs is 2. The summed E-state index contributed by atoms with van der Waals surface area (Å²) in [7, 11) is 0. The van der Waals surface area contributed by atoms with Crippen LogP contribution >= 0.6 is 0 Å². The number of carboxylic acids is 1. The Morgan fingerprint density at radius 1 is 1.30 bits per heavy atom. The fourth-order valence-electron chi connectivity index (χ4n) is 3.59. The SMILES string of the molecule is CC(N)C1CC2CCC1C2.O=C(O)c1ccccc1O. The number of para-hydroxylation sites is 1. The molecule has 2 aliphatic rings. The van der Waals surface area contributed by atoms with Crippen LogP contribution in [0.5, 0.6) is 5.75 Å². The van der Waals surface area contributed by atoms with Crippen molar-refractivity contribution in [1.82, 2.24) is 0 Å². The van der Waals surface area contributed by atoms with Crippen LogP contribution in [0.2, 0.25) is 0 Å². The first kappa shape index (κ1) is 14.9. The van der Waals surface area contributed by atoms with Gasteiger partial charge in [-0.05, 0) is 56.1 Å². The minimum atomic E-state index is -1.11. The second-order valence-electron chi connectivity index (χ2n) is 6.02. The van der Waals surface area contributed by atoms with Crippen molar-refractivity contribution in [2.75, 3.05) is 0 Å². The van der Waals surface area contributed by atoms with Gasteiger partial charge in [0.15, 0.2) is 0 Å². The number of hydrogen-bond acceptors (Lipinski definition) is 3. The fourth-order valence-corrected chi connectivity index (χ4v) is 3.59. The topological polar surface area (TPSA) is 83.6 Å². The van der Waals surface area contributed by atoms with Crippen molar-refractivity contribution in [3.05, 3.63) is 29.8 Å². The number of aromatic hydroxyl groups is 1. The summed E-state index contributed by atoms with van der Waals surface area (Å²) in [6, 6.07) is 6.27.